The summed E-state index contributed by atoms with van der Waals surface area (Å²) >= 11 is 0. The maximum absolute atomic E-state index is 12.7. The summed E-state index contributed by atoms with van der Waals surface area (Å²) in [5.41, 5.74) is 3.16. The second-order valence-electron chi connectivity index (χ2n) is 6.23. The van der Waals surface area contributed by atoms with Crippen LogP contribution in [0.1, 0.15) is 17.0 Å². The van der Waals surface area contributed by atoms with Crippen molar-refractivity contribution >= 4 is 21.6 Å². The second-order valence-corrected chi connectivity index (χ2v) is 7.91. The summed E-state index contributed by atoms with van der Waals surface area (Å²) in [5, 5.41) is 9.15. The lowest BCUT2D eigenvalue weighted by molar-refractivity contribution is -0.129. The van der Waals surface area contributed by atoms with Gasteiger partial charge >= 0.3 is 0 Å². The first kappa shape index (κ1) is 20.4. The Labute approximate surface area is 169 Å². The van der Waals surface area contributed by atoms with Crippen molar-refractivity contribution in [3.63, 3.8) is 0 Å². The Morgan fingerprint density at radius 3 is 2.21 bits per heavy atom. The van der Waals surface area contributed by atoms with Crippen molar-refractivity contribution in [2.45, 2.75) is 10.8 Å². The molecule has 1 unspecified atom stereocenters. The summed E-state index contributed by atoms with van der Waals surface area (Å²) in [6.45, 7) is 0. The SMILES string of the molecule is COc1ccc(S(=O)(=O)Nc2cccc(C(C(=O)NO)c3ccccc3)c2)cc1. The summed E-state index contributed by atoms with van der Waals surface area (Å²) in [5.74, 6) is -0.871. The number of hydrogen-bond donors (Lipinski definition) is 3. The van der Waals surface area contributed by atoms with Crippen LogP contribution >= 0.6 is 0 Å². The number of amides is 1. The summed E-state index contributed by atoms with van der Waals surface area (Å²) in [6.07, 6.45) is 0. The van der Waals surface area contributed by atoms with Gasteiger partial charge in [0.25, 0.3) is 15.9 Å². The molecule has 0 heterocycles. The molecule has 1 atom stereocenters. The Bertz CT molecular complexity index is 1080. The number of hydrogen-bond acceptors (Lipinski definition) is 5. The number of sulfonamides is 1. The molecule has 0 bridgehead atoms. The van der Waals surface area contributed by atoms with Crippen LogP contribution in [-0.2, 0) is 14.8 Å². The number of ether oxygens (including phenoxy) is 1. The predicted molar refractivity (Wildman–Crippen MR) is 108 cm³/mol. The highest BCUT2D eigenvalue weighted by molar-refractivity contribution is 7.92. The van der Waals surface area contributed by atoms with Gasteiger partial charge in [-0.2, -0.15) is 0 Å². The van der Waals surface area contributed by atoms with Gasteiger partial charge in [-0.3, -0.25) is 14.7 Å². The Morgan fingerprint density at radius 2 is 1.59 bits per heavy atom. The Balaban J connectivity index is 1.92. The minimum atomic E-state index is -3.83. The van der Waals surface area contributed by atoms with Crippen LogP contribution in [0.5, 0.6) is 5.75 Å². The number of carbonyl (C=O) groups is 1. The highest BCUT2D eigenvalue weighted by Crippen LogP contribution is 2.28. The Kier molecular flexibility index (Phi) is 6.16. The van der Waals surface area contributed by atoms with E-state index < -0.39 is 21.8 Å². The summed E-state index contributed by atoms with van der Waals surface area (Å²) in [4.78, 5) is 12.4. The minimum Gasteiger partial charge on any atom is -0.497 e. The standard InChI is InChI=1S/C21H20N2O5S/c1-28-18-10-12-19(13-11-18)29(26,27)23-17-9-5-8-16(14-17)20(21(24)22-25)15-6-3-2-4-7-15/h2-14,20,23,25H,1H3,(H,22,24). The average molecular weight is 412 g/mol. The van der Waals surface area contributed by atoms with Crippen molar-refractivity contribution in [2.75, 3.05) is 11.8 Å². The molecule has 3 aromatic rings. The smallest absolute Gasteiger partial charge is 0.261 e. The molecule has 0 aromatic heterocycles. The zero-order valence-corrected chi connectivity index (χ0v) is 16.4. The molecule has 8 heteroatoms. The zero-order chi connectivity index (χ0) is 20.9. The first-order chi connectivity index (χ1) is 13.9. The van der Waals surface area contributed by atoms with E-state index >= 15 is 0 Å². The average Bonchev–Trinajstić information content (AvgIpc) is 2.74. The van der Waals surface area contributed by atoms with Crippen molar-refractivity contribution < 1.29 is 23.2 Å². The quantitative estimate of drug-likeness (QED) is 0.408. The van der Waals surface area contributed by atoms with E-state index in [0.29, 0.717) is 22.6 Å². The first-order valence-electron chi connectivity index (χ1n) is 8.70. The van der Waals surface area contributed by atoms with Crippen LogP contribution < -0.4 is 14.9 Å². The molecule has 0 radical (unpaired) electrons. The normalized spacial score (nSPS) is 12.1. The number of benzene rings is 3. The van der Waals surface area contributed by atoms with E-state index in [-0.39, 0.29) is 4.90 Å². The van der Waals surface area contributed by atoms with Crippen LogP contribution in [-0.4, -0.2) is 26.6 Å². The van der Waals surface area contributed by atoms with E-state index in [4.69, 9.17) is 9.94 Å². The minimum absolute atomic E-state index is 0.0800. The molecule has 0 spiro atoms. The number of methoxy groups -OCH3 is 1. The molecule has 0 aliphatic carbocycles. The number of carbonyl (C=O) groups excluding carboxylic acids is 1. The lowest BCUT2D eigenvalue weighted by atomic mass is 9.90. The van der Waals surface area contributed by atoms with Gasteiger partial charge < -0.3 is 4.74 Å². The molecule has 0 aliphatic rings. The largest absolute Gasteiger partial charge is 0.497 e. The van der Waals surface area contributed by atoms with Gasteiger partial charge in [0.2, 0.25) is 0 Å². The summed E-state index contributed by atoms with van der Waals surface area (Å²) in [7, 11) is -2.33. The van der Waals surface area contributed by atoms with Crippen LogP contribution in [0, 0.1) is 0 Å². The third-order valence-corrected chi connectivity index (χ3v) is 5.74. The van der Waals surface area contributed by atoms with E-state index in [9.17, 15) is 13.2 Å². The van der Waals surface area contributed by atoms with Crippen LogP contribution in [0.2, 0.25) is 0 Å². The monoisotopic (exact) mass is 412 g/mol. The lowest BCUT2D eigenvalue weighted by Gasteiger charge is -2.17. The van der Waals surface area contributed by atoms with Gasteiger partial charge in [-0.05, 0) is 47.5 Å². The summed E-state index contributed by atoms with van der Waals surface area (Å²) < 4.78 is 32.9. The van der Waals surface area contributed by atoms with Crippen LogP contribution in [0.25, 0.3) is 0 Å². The van der Waals surface area contributed by atoms with Crippen molar-refractivity contribution in [3.8, 4) is 5.75 Å². The van der Waals surface area contributed by atoms with Crippen LogP contribution in [0.3, 0.4) is 0 Å². The van der Waals surface area contributed by atoms with Gasteiger partial charge in [0.1, 0.15) is 5.75 Å². The maximum Gasteiger partial charge on any atom is 0.261 e. The molecule has 0 aliphatic heterocycles. The fraction of sp³-hybridized carbons (Fsp3) is 0.0952. The third kappa shape index (κ3) is 4.74. The van der Waals surface area contributed by atoms with Crippen molar-refractivity contribution in [1.82, 2.24) is 5.48 Å². The number of anilines is 1. The molecule has 3 aromatic carbocycles. The topological polar surface area (TPSA) is 105 Å². The number of nitrogens with one attached hydrogen (secondary N) is 2. The van der Waals surface area contributed by atoms with Crippen LogP contribution in [0.4, 0.5) is 5.69 Å². The Morgan fingerprint density at radius 1 is 0.931 bits per heavy atom. The molecule has 7 nitrogen and oxygen atoms in total. The molecular weight excluding hydrogens is 392 g/mol. The number of hydroxylamine groups is 1. The first-order valence-corrected chi connectivity index (χ1v) is 10.2. The molecule has 0 fully saturated rings. The third-order valence-electron chi connectivity index (χ3n) is 4.35. The molecule has 3 N–H and O–H groups in total. The molecule has 3 rings (SSSR count). The van der Waals surface area contributed by atoms with E-state index in [2.05, 4.69) is 4.72 Å². The van der Waals surface area contributed by atoms with Gasteiger partial charge in [-0.15, -0.1) is 0 Å². The van der Waals surface area contributed by atoms with E-state index in [1.807, 2.05) is 6.07 Å². The van der Waals surface area contributed by atoms with E-state index in [1.165, 1.54) is 19.2 Å². The molecule has 0 saturated carbocycles. The molecule has 1 amide bonds. The van der Waals surface area contributed by atoms with Crippen molar-refractivity contribution in [2.24, 2.45) is 0 Å². The van der Waals surface area contributed by atoms with Gasteiger partial charge in [0, 0.05) is 5.69 Å². The van der Waals surface area contributed by atoms with Gasteiger partial charge in [-0.1, -0.05) is 42.5 Å². The van der Waals surface area contributed by atoms with Crippen molar-refractivity contribution in [3.05, 3.63) is 90.0 Å². The van der Waals surface area contributed by atoms with Gasteiger partial charge in [-0.25, -0.2) is 13.9 Å². The fourth-order valence-electron chi connectivity index (χ4n) is 2.96. The maximum atomic E-state index is 12.7. The lowest BCUT2D eigenvalue weighted by Crippen LogP contribution is -2.27. The zero-order valence-electron chi connectivity index (χ0n) is 15.6. The van der Waals surface area contributed by atoms with Gasteiger partial charge in [0.05, 0.1) is 17.9 Å². The fourth-order valence-corrected chi connectivity index (χ4v) is 4.01. The van der Waals surface area contributed by atoms with Crippen LogP contribution in [0.15, 0.2) is 83.8 Å². The highest BCUT2D eigenvalue weighted by Gasteiger charge is 2.23. The predicted octanol–water partition coefficient (Wildman–Crippen LogP) is 3.13. The highest BCUT2D eigenvalue weighted by atomic mass is 32.2. The summed E-state index contributed by atoms with van der Waals surface area (Å²) in [6, 6.07) is 21.4. The molecule has 0 saturated heterocycles. The van der Waals surface area contributed by atoms with E-state index in [1.54, 1.807) is 66.1 Å². The van der Waals surface area contributed by atoms with Crippen molar-refractivity contribution in [1.29, 1.82) is 0 Å². The molecule has 29 heavy (non-hydrogen) atoms. The molecular formula is C21H20N2O5S. The van der Waals surface area contributed by atoms with Gasteiger partial charge in [0.15, 0.2) is 0 Å². The number of rotatable bonds is 7. The Hall–Kier alpha value is -3.36. The molecule has 150 valence electrons. The second kappa shape index (κ2) is 8.76. The van der Waals surface area contributed by atoms with E-state index in [0.717, 1.165) is 0 Å².